The highest BCUT2D eigenvalue weighted by Crippen LogP contribution is 2.32. The minimum Gasteiger partial charge on any atom is -0.487 e. The number of halogens is 4. The minimum absolute atomic E-state index is 0.00562. The number of hydrogen-bond donors (Lipinski definition) is 0. The van der Waals surface area contributed by atoms with Crippen LogP contribution in [0.4, 0.5) is 5.69 Å². The second-order valence-corrected chi connectivity index (χ2v) is 10.5. The van der Waals surface area contributed by atoms with E-state index in [4.69, 9.17) is 21.1 Å². The van der Waals surface area contributed by atoms with Gasteiger partial charge in [0.1, 0.15) is 12.4 Å². The maximum absolute atomic E-state index is 12.4. The van der Waals surface area contributed by atoms with Crippen molar-refractivity contribution in [3.8, 4) is 5.75 Å². The van der Waals surface area contributed by atoms with Crippen LogP contribution >= 0.6 is 72.7 Å². The normalized spacial score (nSPS) is 14.2. The lowest BCUT2D eigenvalue weighted by molar-refractivity contribution is -0.384. The summed E-state index contributed by atoms with van der Waals surface area (Å²) in [5, 5.41) is 11.0. The Morgan fingerprint density at radius 2 is 1.85 bits per heavy atom. The molecule has 0 atom stereocenters. The fourth-order valence-corrected chi connectivity index (χ4v) is 5.82. The van der Waals surface area contributed by atoms with E-state index in [0.29, 0.717) is 12.2 Å². The molecule has 0 radical (unpaired) electrons. The van der Waals surface area contributed by atoms with Crippen molar-refractivity contribution in [3.05, 3.63) is 104 Å². The summed E-state index contributed by atoms with van der Waals surface area (Å²) >= 11 is 14.0. The van der Waals surface area contributed by atoms with Crippen LogP contribution in [0.1, 0.15) is 16.7 Å². The zero-order valence-electron chi connectivity index (χ0n) is 16.9. The van der Waals surface area contributed by atoms with E-state index in [1.807, 2.05) is 36.4 Å². The maximum atomic E-state index is 12.4. The molecule has 34 heavy (non-hydrogen) atoms. The zero-order chi connectivity index (χ0) is 24.4. The van der Waals surface area contributed by atoms with Gasteiger partial charge in [-0.2, -0.15) is 0 Å². The molecule has 172 valence electrons. The molecule has 0 aromatic heterocycles. The van der Waals surface area contributed by atoms with E-state index in [1.54, 1.807) is 6.08 Å². The average molecular weight is 766 g/mol. The Labute approximate surface area is 234 Å². The number of nitro groups is 1. The highest BCUT2D eigenvalue weighted by atomic mass is 127. The van der Waals surface area contributed by atoms with Crippen LogP contribution in [0.25, 0.3) is 6.08 Å². The van der Waals surface area contributed by atoms with Crippen molar-refractivity contribution in [2.45, 2.75) is 6.61 Å². The third kappa shape index (κ3) is 5.61. The molecule has 11 heteroatoms. The summed E-state index contributed by atoms with van der Waals surface area (Å²) < 4.78 is 14.0. The summed E-state index contributed by atoms with van der Waals surface area (Å²) in [6.45, 7) is 0.407. The number of nitro benzene ring substituents is 1. The van der Waals surface area contributed by atoms with Crippen molar-refractivity contribution in [3.63, 3.8) is 0 Å². The second kappa shape index (κ2) is 10.7. The molecule has 0 N–H and O–H groups in total. The van der Waals surface area contributed by atoms with E-state index in [0.717, 1.165) is 28.5 Å². The maximum Gasteiger partial charge on any atom is 0.363 e. The van der Waals surface area contributed by atoms with E-state index in [1.165, 1.54) is 18.2 Å². The lowest BCUT2D eigenvalue weighted by Gasteiger charge is -2.12. The SMILES string of the molecule is O=C1OC(c2ccc([N+](=O)[O-])cc2Cl)=N/C1=C\c1cc(I)c(OCc2ccccc2Br)c(I)c1. The highest BCUT2D eigenvalue weighted by molar-refractivity contribution is 14.1. The first-order valence-corrected chi connectivity index (χ1v) is 12.9. The van der Waals surface area contributed by atoms with Gasteiger partial charge in [-0.05, 0) is 81.1 Å². The van der Waals surface area contributed by atoms with Crippen molar-refractivity contribution in [2.24, 2.45) is 4.99 Å². The van der Waals surface area contributed by atoms with Gasteiger partial charge in [-0.3, -0.25) is 10.1 Å². The van der Waals surface area contributed by atoms with Crippen LogP contribution in [-0.4, -0.2) is 16.8 Å². The number of nitrogens with zero attached hydrogens (tertiary/aromatic N) is 2. The molecule has 0 amide bonds. The third-order valence-corrected chi connectivity index (χ3v) is 7.36. The quantitative estimate of drug-likeness (QED) is 0.0876. The van der Waals surface area contributed by atoms with Gasteiger partial charge in [-0.15, -0.1) is 0 Å². The van der Waals surface area contributed by atoms with Gasteiger partial charge in [-0.1, -0.05) is 45.7 Å². The first kappa shape index (κ1) is 25.1. The first-order valence-electron chi connectivity index (χ1n) is 9.55. The van der Waals surface area contributed by atoms with Crippen LogP contribution in [0.2, 0.25) is 5.02 Å². The number of rotatable bonds is 6. The van der Waals surface area contributed by atoms with Gasteiger partial charge in [0.15, 0.2) is 5.70 Å². The first-order chi connectivity index (χ1) is 16.2. The Morgan fingerprint density at radius 3 is 2.50 bits per heavy atom. The smallest absolute Gasteiger partial charge is 0.363 e. The van der Waals surface area contributed by atoms with Gasteiger partial charge in [-0.25, -0.2) is 9.79 Å². The third-order valence-electron chi connectivity index (χ3n) is 4.67. The van der Waals surface area contributed by atoms with Crippen molar-refractivity contribution >= 4 is 96.3 Å². The molecular weight excluding hydrogens is 753 g/mol. The van der Waals surface area contributed by atoms with Gasteiger partial charge in [0.25, 0.3) is 5.69 Å². The number of aliphatic imine (C=N–C) groups is 1. The zero-order valence-corrected chi connectivity index (χ0v) is 23.6. The minimum atomic E-state index is -0.635. The van der Waals surface area contributed by atoms with Crippen molar-refractivity contribution < 1.29 is 19.2 Å². The number of non-ortho nitro benzene ring substituents is 1. The monoisotopic (exact) mass is 764 g/mol. The molecule has 3 aromatic carbocycles. The number of carbonyl (C=O) groups is 1. The van der Waals surface area contributed by atoms with Crippen LogP contribution in [0.15, 0.2) is 69.8 Å². The Bertz CT molecular complexity index is 1370. The summed E-state index contributed by atoms with van der Waals surface area (Å²) in [5.41, 5.74) is 2.00. The number of cyclic esters (lactones) is 1. The highest BCUT2D eigenvalue weighted by Gasteiger charge is 2.26. The lowest BCUT2D eigenvalue weighted by atomic mass is 10.2. The van der Waals surface area contributed by atoms with Crippen molar-refractivity contribution in [1.82, 2.24) is 0 Å². The van der Waals surface area contributed by atoms with Gasteiger partial charge in [0.05, 0.1) is 22.6 Å². The molecule has 0 saturated carbocycles. The molecule has 3 aromatic rings. The largest absolute Gasteiger partial charge is 0.487 e. The van der Waals surface area contributed by atoms with Gasteiger partial charge in [0, 0.05) is 22.2 Å². The van der Waals surface area contributed by atoms with Gasteiger partial charge in [0.2, 0.25) is 5.90 Å². The van der Waals surface area contributed by atoms with Crippen LogP contribution in [-0.2, 0) is 16.1 Å². The summed E-state index contributed by atoms with van der Waals surface area (Å²) in [5.74, 6) is 0.104. The van der Waals surface area contributed by atoms with E-state index in [9.17, 15) is 14.9 Å². The molecule has 4 rings (SSSR count). The van der Waals surface area contributed by atoms with Gasteiger partial charge >= 0.3 is 5.97 Å². The standard InChI is InChI=1S/C23H12BrClI2N2O5/c24-16-4-2-1-3-13(16)11-33-21-18(26)7-12(8-19(21)27)9-20-23(30)34-22(28-20)15-6-5-14(29(31)32)10-17(15)25/h1-10H,11H2/b20-9-. The summed E-state index contributed by atoms with van der Waals surface area (Å²) in [4.78, 5) is 27.0. The Kier molecular flexibility index (Phi) is 7.90. The molecule has 0 fully saturated rings. The average Bonchev–Trinajstić information content (AvgIpc) is 3.14. The molecule has 7 nitrogen and oxygen atoms in total. The van der Waals surface area contributed by atoms with Gasteiger partial charge < -0.3 is 9.47 Å². The predicted molar refractivity (Wildman–Crippen MR) is 149 cm³/mol. The Morgan fingerprint density at radius 1 is 1.15 bits per heavy atom. The number of carbonyl (C=O) groups excluding carboxylic acids is 1. The topological polar surface area (TPSA) is 91.0 Å². The Hall–Kier alpha value is -2.03. The van der Waals surface area contributed by atoms with Crippen LogP contribution in [0.3, 0.4) is 0 Å². The van der Waals surface area contributed by atoms with E-state index >= 15 is 0 Å². The molecule has 1 aliphatic rings. The van der Waals surface area contributed by atoms with Crippen molar-refractivity contribution in [2.75, 3.05) is 0 Å². The number of hydrogen-bond acceptors (Lipinski definition) is 6. The molecular formula is C23H12BrClI2N2O5. The fourth-order valence-electron chi connectivity index (χ4n) is 3.04. The Balaban J connectivity index is 1.58. The molecule has 0 spiro atoms. The van der Waals surface area contributed by atoms with Crippen molar-refractivity contribution in [1.29, 1.82) is 0 Å². The van der Waals surface area contributed by atoms with E-state index in [2.05, 4.69) is 66.1 Å². The molecule has 0 saturated heterocycles. The van der Waals surface area contributed by atoms with E-state index in [-0.39, 0.29) is 22.3 Å². The van der Waals surface area contributed by atoms with Crippen LogP contribution in [0, 0.1) is 17.3 Å². The molecule has 1 heterocycles. The molecule has 0 bridgehead atoms. The number of benzene rings is 3. The fraction of sp³-hybridized carbons (Fsp3) is 0.0435. The second-order valence-electron chi connectivity index (χ2n) is 6.95. The van der Waals surface area contributed by atoms with Crippen LogP contribution < -0.4 is 4.74 Å². The number of esters is 1. The predicted octanol–water partition coefficient (Wildman–Crippen LogP) is 7.14. The lowest BCUT2D eigenvalue weighted by Crippen LogP contribution is -2.06. The molecule has 0 aliphatic carbocycles. The summed E-state index contributed by atoms with van der Waals surface area (Å²) in [7, 11) is 0. The molecule has 1 aliphatic heterocycles. The number of ether oxygens (including phenoxy) is 2. The molecule has 0 unspecified atom stereocenters. The summed E-state index contributed by atoms with van der Waals surface area (Å²) in [6.07, 6.45) is 1.61. The van der Waals surface area contributed by atoms with Crippen LogP contribution in [0.5, 0.6) is 5.75 Å². The summed E-state index contributed by atoms with van der Waals surface area (Å²) in [6, 6.07) is 15.5. The van der Waals surface area contributed by atoms with E-state index < -0.39 is 10.9 Å².